The molecule has 0 aromatic rings. The fourth-order valence-electron chi connectivity index (χ4n) is 1.95. The van der Waals surface area contributed by atoms with Crippen LogP contribution in [0.25, 0.3) is 0 Å². The zero-order valence-electron chi connectivity index (χ0n) is 12.1. The van der Waals surface area contributed by atoms with Gasteiger partial charge in [0.2, 0.25) is 0 Å². The van der Waals surface area contributed by atoms with Gasteiger partial charge in [-0.3, -0.25) is 0 Å². The van der Waals surface area contributed by atoms with Crippen molar-refractivity contribution in [3.05, 3.63) is 23.4 Å². The van der Waals surface area contributed by atoms with E-state index in [-0.39, 0.29) is 5.41 Å². The molecule has 0 spiro atoms. The zero-order valence-corrected chi connectivity index (χ0v) is 12.1. The number of allylic oxidation sites excluding steroid dienone is 1. The summed E-state index contributed by atoms with van der Waals surface area (Å²) < 4.78 is 0. The van der Waals surface area contributed by atoms with Crippen LogP contribution >= 0.6 is 0 Å². The average molecular weight is 237 g/mol. The lowest BCUT2D eigenvalue weighted by atomic mass is 9.80. The third-order valence-corrected chi connectivity index (χ3v) is 3.44. The second-order valence-electron chi connectivity index (χ2n) is 6.53. The van der Waals surface area contributed by atoms with Crippen LogP contribution in [-0.2, 0) is 0 Å². The normalized spacial score (nSPS) is 22.4. The van der Waals surface area contributed by atoms with Gasteiger partial charge < -0.3 is 10.4 Å². The first-order valence-corrected chi connectivity index (χ1v) is 6.53. The summed E-state index contributed by atoms with van der Waals surface area (Å²) in [5, 5.41) is 13.7. The summed E-state index contributed by atoms with van der Waals surface area (Å²) in [6, 6.07) is 0.330. The van der Waals surface area contributed by atoms with Crippen LogP contribution in [0.2, 0.25) is 0 Å². The van der Waals surface area contributed by atoms with Crippen molar-refractivity contribution in [1.82, 2.24) is 5.32 Å². The van der Waals surface area contributed by atoms with Crippen molar-refractivity contribution in [2.45, 2.75) is 66.0 Å². The van der Waals surface area contributed by atoms with Gasteiger partial charge in [0.05, 0.1) is 5.60 Å². The highest BCUT2D eigenvalue weighted by atomic mass is 16.3. The molecule has 0 aromatic heterocycles. The molecule has 1 aliphatic heterocycles. The molecule has 1 aliphatic rings. The maximum atomic E-state index is 10.2. The van der Waals surface area contributed by atoms with E-state index in [9.17, 15) is 5.11 Å². The van der Waals surface area contributed by atoms with E-state index in [1.807, 2.05) is 13.8 Å². The Bertz CT molecular complexity index is 326. The Morgan fingerprint density at radius 2 is 1.82 bits per heavy atom. The van der Waals surface area contributed by atoms with Crippen molar-refractivity contribution in [3.63, 3.8) is 0 Å². The summed E-state index contributed by atoms with van der Waals surface area (Å²) in [6.45, 7) is 12.6. The molecule has 2 nitrogen and oxygen atoms in total. The summed E-state index contributed by atoms with van der Waals surface area (Å²) in [4.78, 5) is 0. The predicted octanol–water partition coefficient (Wildman–Crippen LogP) is 3.39. The lowest BCUT2D eigenvalue weighted by Crippen LogP contribution is -2.25. The molecule has 1 rings (SSSR count). The molecular weight excluding hydrogens is 210 g/mol. The monoisotopic (exact) mass is 237 g/mol. The number of aliphatic hydroxyl groups is 1. The van der Waals surface area contributed by atoms with Gasteiger partial charge >= 0.3 is 0 Å². The fraction of sp³-hybridized carbons (Fsp3) is 0.733. The molecule has 1 unspecified atom stereocenters. The molecule has 2 heteroatoms. The number of rotatable bonds is 2. The van der Waals surface area contributed by atoms with Crippen LogP contribution < -0.4 is 5.32 Å². The minimum atomic E-state index is -0.732. The molecule has 0 saturated carbocycles. The van der Waals surface area contributed by atoms with E-state index >= 15 is 0 Å². The van der Waals surface area contributed by atoms with E-state index < -0.39 is 5.60 Å². The quantitative estimate of drug-likeness (QED) is 0.722. The molecule has 0 bridgehead atoms. The second kappa shape index (κ2) is 4.85. The maximum absolute atomic E-state index is 10.2. The Labute approximate surface area is 106 Å². The molecule has 1 heterocycles. The molecule has 0 aliphatic carbocycles. The molecule has 1 atom stereocenters. The maximum Gasteiger partial charge on any atom is 0.0804 e. The van der Waals surface area contributed by atoms with Crippen molar-refractivity contribution in [3.8, 4) is 0 Å². The summed E-state index contributed by atoms with van der Waals surface area (Å²) in [7, 11) is 0. The van der Waals surface area contributed by atoms with Crippen molar-refractivity contribution < 1.29 is 5.11 Å². The van der Waals surface area contributed by atoms with Crippen LogP contribution in [0.15, 0.2) is 23.4 Å². The van der Waals surface area contributed by atoms with E-state index in [1.54, 1.807) is 0 Å². The van der Waals surface area contributed by atoms with Crippen LogP contribution in [0.3, 0.4) is 0 Å². The molecule has 98 valence electrons. The summed E-state index contributed by atoms with van der Waals surface area (Å²) >= 11 is 0. The van der Waals surface area contributed by atoms with Gasteiger partial charge in [-0.15, -0.1) is 0 Å². The smallest absolute Gasteiger partial charge is 0.0804 e. The molecule has 0 fully saturated rings. The van der Waals surface area contributed by atoms with Crippen molar-refractivity contribution in [1.29, 1.82) is 0 Å². The second-order valence-corrected chi connectivity index (χ2v) is 6.53. The largest absolute Gasteiger partial charge is 0.386 e. The van der Waals surface area contributed by atoms with Crippen LogP contribution in [0.4, 0.5) is 0 Å². The van der Waals surface area contributed by atoms with E-state index in [2.05, 4.69) is 45.3 Å². The Morgan fingerprint density at radius 1 is 1.24 bits per heavy atom. The van der Waals surface area contributed by atoms with Gasteiger partial charge in [-0.2, -0.15) is 0 Å². The number of hydrogen-bond donors (Lipinski definition) is 2. The summed E-state index contributed by atoms with van der Waals surface area (Å²) in [6.07, 6.45) is 6.22. The van der Waals surface area contributed by atoms with E-state index in [1.165, 1.54) is 5.57 Å². The fourth-order valence-corrected chi connectivity index (χ4v) is 1.95. The first-order valence-electron chi connectivity index (χ1n) is 6.53. The minimum Gasteiger partial charge on any atom is -0.386 e. The lowest BCUT2D eigenvalue weighted by molar-refractivity contribution is 0.116. The Kier molecular flexibility index (Phi) is 4.08. The van der Waals surface area contributed by atoms with E-state index in [4.69, 9.17) is 0 Å². The van der Waals surface area contributed by atoms with Crippen molar-refractivity contribution >= 4 is 0 Å². The third kappa shape index (κ3) is 3.88. The van der Waals surface area contributed by atoms with Crippen LogP contribution in [0, 0.1) is 5.41 Å². The van der Waals surface area contributed by atoms with Gasteiger partial charge in [-0.25, -0.2) is 0 Å². The zero-order chi connectivity index (χ0) is 13.3. The van der Waals surface area contributed by atoms with Gasteiger partial charge in [0.15, 0.2) is 0 Å². The first kappa shape index (κ1) is 14.3. The Hall–Kier alpha value is -0.760. The van der Waals surface area contributed by atoms with Gasteiger partial charge in [0.25, 0.3) is 0 Å². The van der Waals surface area contributed by atoms with Crippen LogP contribution in [0.1, 0.15) is 54.4 Å². The first-order chi connectivity index (χ1) is 7.64. The summed E-state index contributed by atoms with van der Waals surface area (Å²) in [5.41, 5.74) is 1.88. The molecule has 0 amide bonds. The predicted molar refractivity (Wildman–Crippen MR) is 73.8 cm³/mol. The highest BCUT2D eigenvalue weighted by molar-refractivity contribution is 5.29. The highest BCUT2D eigenvalue weighted by Crippen LogP contribution is 2.35. The average Bonchev–Trinajstić information content (AvgIpc) is 2.37. The van der Waals surface area contributed by atoms with Gasteiger partial charge in [0, 0.05) is 6.04 Å². The van der Waals surface area contributed by atoms with Gasteiger partial charge in [0.1, 0.15) is 0 Å². The van der Waals surface area contributed by atoms with E-state index in [0.29, 0.717) is 6.04 Å². The van der Waals surface area contributed by atoms with Crippen LogP contribution in [0.5, 0.6) is 0 Å². The SMILES string of the molecule is CCC1C=C(C(C)(C)O)CC(C(C)(C)C)=CN1. The molecular formula is C15H27NO. The number of nitrogens with one attached hydrogen (secondary N) is 1. The van der Waals surface area contributed by atoms with E-state index in [0.717, 1.165) is 18.4 Å². The Balaban J connectivity index is 3.06. The molecule has 2 N–H and O–H groups in total. The minimum absolute atomic E-state index is 0.139. The molecule has 0 aromatic carbocycles. The highest BCUT2D eigenvalue weighted by Gasteiger charge is 2.27. The molecule has 17 heavy (non-hydrogen) atoms. The lowest BCUT2D eigenvalue weighted by Gasteiger charge is -2.27. The topological polar surface area (TPSA) is 32.3 Å². The molecule has 0 saturated heterocycles. The molecule has 0 radical (unpaired) electrons. The standard InChI is InChI=1S/C15H27NO/c1-7-13-9-11(15(5,6)17)8-12(10-16-13)14(2,3)4/h9-10,13,16-17H,7-8H2,1-6H3. The van der Waals surface area contributed by atoms with Crippen molar-refractivity contribution in [2.75, 3.05) is 0 Å². The Morgan fingerprint density at radius 3 is 2.24 bits per heavy atom. The third-order valence-electron chi connectivity index (χ3n) is 3.44. The van der Waals surface area contributed by atoms with Crippen LogP contribution in [-0.4, -0.2) is 16.7 Å². The van der Waals surface area contributed by atoms with Crippen molar-refractivity contribution in [2.24, 2.45) is 5.41 Å². The number of hydrogen-bond acceptors (Lipinski definition) is 2. The van der Waals surface area contributed by atoms with Gasteiger partial charge in [-0.05, 0) is 49.5 Å². The summed E-state index contributed by atoms with van der Waals surface area (Å²) in [5.74, 6) is 0. The van der Waals surface area contributed by atoms with Gasteiger partial charge in [-0.1, -0.05) is 33.8 Å².